The molecule has 0 fully saturated rings. The molecule has 0 aromatic carbocycles. The molecular formula is C11H15NO3S. The fourth-order valence-corrected chi connectivity index (χ4v) is 2.14. The quantitative estimate of drug-likeness (QED) is 0.855. The molecule has 0 saturated carbocycles. The largest absolute Gasteiger partial charge is 0.481 e. The van der Waals surface area contributed by atoms with Crippen molar-refractivity contribution in [2.24, 2.45) is 0 Å². The van der Waals surface area contributed by atoms with Gasteiger partial charge in [0, 0.05) is 18.5 Å². The summed E-state index contributed by atoms with van der Waals surface area (Å²) in [6.07, 6.45) is -0.0145. The lowest BCUT2D eigenvalue weighted by molar-refractivity contribution is -0.138. The molecule has 0 unspecified atom stereocenters. The number of likely N-dealkylation sites (N-methyl/N-ethyl adjacent to an activating group) is 1. The number of aliphatic carboxylic acids is 1. The summed E-state index contributed by atoms with van der Waals surface area (Å²) in [5.74, 6) is -1.12. The van der Waals surface area contributed by atoms with E-state index in [0.717, 1.165) is 4.88 Å². The zero-order valence-corrected chi connectivity index (χ0v) is 10.2. The van der Waals surface area contributed by atoms with Crippen LogP contribution in [0.15, 0.2) is 17.5 Å². The molecule has 1 amide bonds. The maximum atomic E-state index is 11.9. The summed E-state index contributed by atoms with van der Waals surface area (Å²) in [4.78, 5) is 24.8. The fourth-order valence-electron chi connectivity index (χ4n) is 1.36. The summed E-state index contributed by atoms with van der Waals surface area (Å²) in [5, 5.41) is 10.5. The van der Waals surface area contributed by atoms with Crippen LogP contribution in [0.3, 0.4) is 0 Å². The van der Waals surface area contributed by atoms with Crippen LogP contribution >= 0.6 is 11.3 Å². The molecule has 5 heteroatoms. The molecule has 88 valence electrons. The predicted octanol–water partition coefficient (Wildman–Crippen LogP) is 1.78. The highest BCUT2D eigenvalue weighted by molar-refractivity contribution is 7.10. The number of carboxylic acid groups (broad SMARTS) is 1. The molecule has 0 saturated heterocycles. The highest BCUT2D eigenvalue weighted by Crippen LogP contribution is 2.22. The zero-order valence-electron chi connectivity index (χ0n) is 9.34. The summed E-state index contributed by atoms with van der Waals surface area (Å²) in [6.45, 7) is 2.09. The third kappa shape index (κ3) is 3.34. The second-order valence-electron chi connectivity index (χ2n) is 3.64. The van der Waals surface area contributed by atoms with Crippen molar-refractivity contribution in [3.63, 3.8) is 0 Å². The third-order valence-electron chi connectivity index (χ3n) is 2.38. The Balaban J connectivity index is 2.53. The number of thiophene rings is 1. The van der Waals surface area contributed by atoms with Crippen LogP contribution in [0.2, 0.25) is 0 Å². The molecule has 0 spiro atoms. The minimum absolute atomic E-state index is 0.0145. The Morgan fingerprint density at radius 3 is 2.75 bits per heavy atom. The van der Waals surface area contributed by atoms with E-state index >= 15 is 0 Å². The van der Waals surface area contributed by atoms with Crippen LogP contribution < -0.4 is 0 Å². The summed E-state index contributed by atoms with van der Waals surface area (Å²) in [7, 11) is 1.63. The minimum Gasteiger partial charge on any atom is -0.481 e. The Kier molecular flexibility index (Phi) is 4.49. The van der Waals surface area contributed by atoms with Crippen molar-refractivity contribution >= 4 is 23.2 Å². The van der Waals surface area contributed by atoms with Crippen LogP contribution in [0.25, 0.3) is 0 Å². The first-order chi connectivity index (χ1) is 7.52. The Morgan fingerprint density at radius 2 is 2.25 bits per heavy atom. The van der Waals surface area contributed by atoms with Gasteiger partial charge in [-0.3, -0.25) is 9.59 Å². The number of carbonyl (C=O) groups excluding carboxylic acids is 1. The van der Waals surface area contributed by atoms with E-state index in [2.05, 4.69) is 0 Å². The van der Waals surface area contributed by atoms with E-state index in [1.165, 1.54) is 16.2 Å². The van der Waals surface area contributed by atoms with Crippen molar-refractivity contribution in [3.8, 4) is 0 Å². The van der Waals surface area contributed by atoms with E-state index in [0.29, 0.717) is 0 Å². The van der Waals surface area contributed by atoms with Crippen LogP contribution in [0.4, 0.5) is 0 Å². The molecule has 0 radical (unpaired) electrons. The second kappa shape index (κ2) is 5.65. The smallest absolute Gasteiger partial charge is 0.305 e. The summed E-state index contributed by atoms with van der Waals surface area (Å²) >= 11 is 1.54. The lowest BCUT2D eigenvalue weighted by atomic mass is 10.1. The number of amides is 1. The van der Waals surface area contributed by atoms with Crippen LogP contribution in [0.1, 0.15) is 24.1 Å². The monoisotopic (exact) mass is 241 g/mol. The predicted molar refractivity (Wildman–Crippen MR) is 62.6 cm³/mol. The van der Waals surface area contributed by atoms with Gasteiger partial charge in [-0.1, -0.05) is 6.07 Å². The van der Waals surface area contributed by atoms with E-state index < -0.39 is 5.97 Å². The number of rotatable bonds is 5. The first kappa shape index (κ1) is 12.7. The van der Waals surface area contributed by atoms with Gasteiger partial charge in [-0.05, 0) is 18.4 Å². The van der Waals surface area contributed by atoms with Crippen LogP contribution in [-0.4, -0.2) is 35.5 Å². The van der Waals surface area contributed by atoms with Gasteiger partial charge in [-0.25, -0.2) is 0 Å². The van der Waals surface area contributed by atoms with Gasteiger partial charge < -0.3 is 10.0 Å². The van der Waals surface area contributed by atoms with Crippen molar-refractivity contribution < 1.29 is 14.7 Å². The van der Waals surface area contributed by atoms with Crippen molar-refractivity contribution in [2.75, 3.05) is 13.6 Å². The Hall–Kier alpha value is -1.36. The molecule has 0 bridgehead atoms. The lowest BCUT2D eigenvalue weighted by Crippen LogP contribution is -2.32. The molecule has 1 heterocycles. The van der Waals surface area contributed by atoms with Crippen LogP contribution in [-0.2, 0) is 9.59 Å². The summed E-state index contributed by atoms with van der Waals surface area (Å²) in [5.41, 5.74) is 0. The van der Waals surface area contributed by atoms with Gasteiger partial charge in [0.15, 0.2) is 0 Å². The van der Waals surface area contributed by atoms with Gasteiger partial charge in [0.25, 0.3) is 0 Å². The van der Waals surface area contributed by atoms with E-state index in [4.69, 9.17) is 5.11 Å². The highest BCUT2D eigenvalue weighted by atomic mass is 32.1. The van der Waals surface area contributed by atoms with E-state index in [-0.39, 0.29) is 24.8 Å². The van der Waals surface area contributed by atoms with Gasteiger partial charge in [-0.15, -0.1) is 11.3 Å². The van der Waals surface area contributed by atoms with Gasteiger partial charge >= 0.3 is 5.97 Å². The molecular weight excluding hydrogens is 226 g/mol. The molecule has 1 atom stereocenters. The van der Waals surface area contributed by atoms with Gasteiger partial charge in [0.2, 0.25) is 5.91 Å². The van der Waals surface area contributed by atoms with Crippen LogP contribution in [0.5, 0.6) is 0 Å². The maximum Gasteiger partial charge on any atom is 0.305 e. The molecule has 0 aliphatic carbocycles. The number of carboxylic acids is 1. The van der Waals surface area contributed by atoms with Crippen molar-refractivity contribution in [1.29, 1.82) is 0 Å². The Labute approximate surface area is 98.5 Å². The fraction of sp³-hybridized carbons (Fsp3) is 0.455. The van der Waals surface area contributed by atoms with E-state index in [1.807, 2.05) is 24.4 Å². The average molecular weight is 241 g/mol. The molecule has 1 N–H and O–H groups in total. The average Bonchev–Trinajstić information content (AvgIpc) is 2.77. The summed E-state index contributed by atoms with van der Waals surface area (Å²) in [6, 6.07) is 3.82. The van der Waals surface area contributed by atoms with Crippen molar-refractivity contribution in [3.05, 3.63) is 22.4 Å². The maximum absolute atomic E-state index is 11.9. The molecule has 1 rings (SSSR count). The lowest BCUT2D eigenvalue weighted by Gasteiger charge is -2.19. The highest BCUT2D eigenvalue weighted by Gasteiger charge is 2.20. The first-order valence-corrected chi connectivity index (χ1v) is 5.90. The number of hydrogen-bond acceptors (Lipinski definition) is 3. The second-order valence-corrected chi connectivity index (χ2v) is 4.62. The number of nitrogens with zero attached hydrogens (tertiary/aromatic N) is 1. The normalized spacial score (nSPS) is 12.1. The van der Waals surface area contributed by atoms with Crippen molar-refractivity contribution in [1.82, 2.24) is 4.90 Å². The van der Waals surface area contributed by atoms with Gasteiger partial charge in [0.05, 0.1) is 12.3 Å². The molecule has 16 heavy (non-hydrogen) atoms. The van der Waals surface area contributed by atoms with Crippen LogP contribution in [0, 0.1) is 0 Å². The first-order valence-electron chi connectivity index (χ1n) is 5.02. The summed E-state index contributed by atoms with van der Waals surface area (Å²) < 4.78 is 0. The zero-order chi connectivity index (χ0) is 12.1. The number of hydrogen-bond donors (Lipinski definition) is 1. The third-order valence-corrected chi connectivity index (χ3v) is 3.43. The number of carbonyl (C=O) groups is 2. The standard InChI is InChI=1S/C11H15NO3S/c1-8(9-4-3-7-16-9)11(15)12(2)6-5-10(13)14/h3-4,7-8H,5-6H2,1-2H3,(H,13,14)/t8-/m0/s1. The SMILES string of the molecule is C[C@H](C(=O)N(C)CCC(=O)O)c1cccs1. The van der Waals surface area contributed by atoms with E-state index in [9.17, 15) is 9.59 Å². The van der Waals surface area contributed by atoms with E-state index in [1.54, 1.807) is 7.05 Å². The molecule has 0 aliphatic heterocycles. The van der Waals surface area contributed by atoms with Crippen molar-refractivity contribution in [2.45, 2.75) is 19.3 Å². The molecule has 1 aromatic heterocycles. The molecule has 1 aromatic rings. The Morgan fingerprint density at radius 1 is 1.56 bits per heavy atom. The van der Waals surface area contributed by atoms with Gasteiger partial charge in [-0.2, -0.15) is 0 Å². The molecule has 4 nitrogen and oxygen atoms in total. The topological polar surface area (TPSA) is 57.6 Å². The minimum atomic E-state index is -0.886. The Bertz CT molecular complexity index is 361. The molecule has 0 aliphatic rings. The van der Waals surface area contributed by atoms with Gasteiger partial charge in [0.1, 0.15) is 0 Å².